The molecule has 0 fully saturated rings. The number of hydrogen-bond acceptors (Lipinski definition) is 3. The van der Waals surface area contributed by atoms with E-state index in [4.69, 9.17) is 15.2 Å². The first-order valence-corrected chi connectivity index (χ1v) is 4.06. The van der Waals surface area contributed by atoms with Crippen molar-refractivity contribution < 1.29 is 14.2 Å². The number of hydrogen-bond donors (Lipinski definition) is 0. The molecular weight excluding hydrogens is 169 g/mol. The normalized spacial score (nSPS) is 24.2. The number of carbonyl (C=O) groups excluding carboxylic acids is 1. The van der Waals surface area contributed by atoms with Gasteiger partial charge >= 0.3 is 24.6 Å². The van der Waals surface area contributed by atoms with E-state index in [2.05, 4.69) is 0 Å². The second kappa shape index (κ2) is 6.54. The van der Waals surface area contributed by atoms with Crippen LogP contribution < -0.4 is 0 Å². The van der Waals surface area contributed by atoms with Crippen molar-refractivity contribution in [2.75, 3.05) is 0 Å². The van der Waals surface area contributed by atoms with E-state index in [1.807, 2.05) is 0 Å². The summed E-state index contributed by atoms with van der Waals surface area (Å²) < 4.78 is 13.6. The standard InChI is InChI=1S/C7H10NO2.CH3BO/c1-5(9)10-7-3-2-6(8)4-7;1-2-3/h2-3,6-8H,4H2,1H3;1H3/q-1;/t6-,7+;/m0./s1. The topological polar surface area (TPSA) is 67.2 Å². The second-order valence-corrected chi connectivity index (χ2v) is 2.61. The van der Waals surface area contributed by atoms with Crippen molar-refractivity contribution in [2.45, 2.75) is 32.3 Å². The Kier molecular flexibility index (Phi) is 6.05. The average molecular weight is 182 g/mol. The Labute approximate surface area is 78.4 Å². The molecule has 0 amide bonds. The van der Waals surface area contributed by atoms with Crippen LogP contribution in [0.3, 0.4) is 0 Å². The van der Waals surface area contributed by atoms with Crippen LogP contribution in [0.1, 0.15) is 13.3 Å². The molecule has 1 aliphatic rings. The van der Waals surface area contributed by atoms with Gasteiger partial charge in [0.2, 0.25) is 0 Å². The maximum absolute atomic E-state index is 10.4. The van der Waals surface area contributed by atoms with Crippen LogP contribution in [0.5, 0.6) is 0 Å². The van der Waals surface area contributed by atoms with E-state index in [9.17, 15) is 4.79 Å². The Morgan fingerprint density at radius 1 is 1.62 bits per heavy atom. The molecule has 0 bridgehead atoms. The van der Waals surface area contributed by atoms with Gasteiger partial charge in [0.15, 0.2) is 0 Å². The SMILES string of the molecule is CB=O.CC(=O)O[C@@H]1C=C[C@H]([NH-])C1. The van der Waals surface area contributed by atoms with Crippen LogP contribution in [0.2, 0.25) is 6.82 Å². The summed E-state index contributed by atoms with van der Waals surface area (Å²) in [5.41, 5.74) is 7.23. The van der Waals surface area contributed by atoms with E-state index in [0.717, 1.165) is 7.15 Å². The molecule has 13 heavy (non-hydrogen) atoms. The fraction of sp³-hybridized carbons (Fsp3) is 0.625. The van der Waals surface area contributed by atoms with Crippen LogP contribution in [0.15, 0.2) is 12.2 Å². The number of esters is 1. The summed E-state index contributed by atoms with van der Waals surface area (Å²) in [6, 6.07) is -0.190. The van der Waals surface area contributed by atoms with Gasteiger partial charge in [-0.1, -0.05) is 0 Å². The molecule has 4 nitrogen and oxygen atoms in total. The summed E-state index contributed by atoms with van der Waals surface area (Å²) in [6.07, 6.45) is 3.96. The molecule has 0 saturated heterocycles. The van der Waals surface area contributed by atoms with Gasteiger partial charge in [-0.3, -0.25) is 4.79 Å². The first kappa shape index (κ1) is 12.0. The fourth-order valence-electron chi connectivity index (χ4n) is 0.966. The number of rotatable bonds is 1. The van der Waals surface area contributed by atoms with Gasteiger partial charge in [0.05, 0.1) is 0 Å². The van der Waals surface area contributed by atoms with Crippen LogP contribution >= 0.6 is 0 Å². The number of carbonyl (C=O) groups is 1. The van der Waals surface area contributed by atoms with Gasteiger partial charge in [0.25, 0.3) is 0 Å². The molecule has 0 unspecified atom stereocenters. The third-order valence-electron chi connectivity index (χ3n) is 1.36. The van der Waals surface area contributed by atoms with Crippen LogP contribution in [-0.4, -0.2) is 25.3 Å². The van der Waals surface area contributed by atoms with Gasteiger partial charge in [-0.2, -0.15) is 0 Å². The first-order valence-electron chi connectivity index (χ1n) is 4.06. The number of ether oxygens (including phenoxy) is 1. The Balaban J connectivity index is 0.000000424. The van der Waals surface area contributed by atoms with Gasteiger partial charge in [-0.25, -0.2) is 0 Å². The molecule has 1 aliphatic carbocycles. The van der Waals surface area contributed by atoms with Crippen molar-refractivity contribution in [2.24, 2.45) is 0 Å². The van der Waals surface area contributed by atoms with Gasteiger partial charge in [-0.15, -0.1) is 12.1 Å². The fourth-order valence-corrected chi connectivity index (χ4v) is 0.966. The molecule has 0 heterocycles. The zero-order chi connectivity index (χ0) is 10.3. The largest absolute Gasteiger partial charge is 0.671 e. The molecule has 2 atom stereocenters. The quantitative estimate of drug-likeness (QED) is 0.349. The van der Waals surface area contributed by atoms with Gasteiger partial charge in [0.1, 0.15) is 6.10 Å². The smallest absolute Gasteiger partial charge is 0.303 e. The van der Waals surface area contributed by atoms with Crippen LogP contribution in [-0.2, 0) is 14.2 Å². The van der Waals surface area contributed by atoms with Crippen molar-refractivity contribution in [3.63, 3.8) is 0 Å². The Bertz CT molecular complexity index is 206. The molecule has 0 radical (unpaired) electrons. The van der Waals surface area contributed by atoms with Crippen molar-refractivity contribution in [3.05, 3.63) is 17.9 Å². The molecule has 0 aromatic heterocycles. The van der Waals surface area contributed by atoms with E-state index in [1.54, 1.807) is 12.2 Å². The van der Waals surface area contributed by atoms with E-state index in [0.29, 0.717) is 6.42 Å². The molecule has 0 saturated carbocycles. The Hall–Kier alpha value is -0.965. The zero-order valence-electron chi connectivity index (χ0n) is 7.82. The third kappa shape index (κ3) is 6.22. The monoisotopic (exact) mass is 182 g/mol. The van der Waals surface area contributed by atoms with Crippen molar-refractivity contribution >= 4 is 13.1 Å². The Morgan fingerprint density at radius 3 is 2.46 bits per heavy atom. The van der Waals surface area contributed by atoms with E-state index in [-0.39, 0.29) is 18.1 Å². The minimum absolute atomic E-state index is 0.153. The van der Waals surface area contributed by atoms with Crippen LogP contribution in [0.25, 0.3) is 5.73 Å². The molecule has 0 aromatic rings. The minimum Gasteiger partial charge on any atom is -0.671 e. The first-order chi connectivity index (χ1) is 6.10. The molecule has 5 heteroatoms. The average Bonchev–Trinajstić information content (AvgIpc) is 2.35. The van der Waals surface area contributed by atoms with Crippen molar-refractivity contribution in [1.29, 1.82) is 0 Å². The van der Waals surface area contributed by atoms with Crippen molar-refractivity contribution in [3.8, 4) is 0 Å². The number of nitrogens with one attached hydrogen (secondary N) is 1. The van der Waals surface area contributed by atoms with Gasteiger partial charge < -0.3 is 10.5 Å². The second-order valence-electron chi connectivity index (χ2n) is 2.61. The van der Waals surface area contributed by atoms with Crippen LogP contribution in [0.4, 0.5) is 0 Å². The third-order valence-corrected chi connectivity index (χ3v) is 1.36. The molecular formula is C8H13BNO3-. The summed E-state index contributed by atoms with van der Waals surface area (Å²) in [5, 5.41) is 0. The Morgan fingerprint density at radius 2 is 2.15 bits per heavy atom. The summed E-state index contributed by atoms with van der Waals surface area (Å²) >= 11 is 0. The molecule has 0 aliphatic heterocycles. The van der Waals surface area contributed by atoms with Crippen molar-refractivity contribution in [1.82, 2.24) is 0 Å². The molecule has 72 valence electrons. The summed E-state index contributed by atoms with van der Waals surface area (Å²) in [5.74, 6) is -0.274. The maximum atomic E-state index is 10.4. The summed E-state index contributed by atoms with van der Waals surface area (Å²) in [4.78, 5) is 10.4. The summed E-state index contributed by atoms with van der Waals surface area (Å²) in [7, 11) is 0.750. The molecule has 0 aromatic carbocycles. The summed E-state index contributed by atoms with van der Waals surface area (Å²) in [6.45, 7) is 2.82. The van der Waals surface area contributed by atoms with Gasteiger partial charge in [-0.05, 0) is 12.5 Å². The minimum atomic E-state index is -0.274. The molecule has 1 rings (SSSR count). The van der Waals surface area contributed by atoms with Gasteiger partial charge in [0, 0.05) is 6.92 Å². The van der Waals surface area contributed by atoms with E-state index < -0.39 is 0 Å². The molecule has 0 spiro atoms. The predicted molar refractivity (Wildman–Crippen MR) is 49.7 cm³/mol. The van der Waals surface area contributed by atoms with E-state index in [1.165, 1.54) is 13.7 Å². The van der Waals surface area contributed by atoms with E-state index >= 15 is 0 Å². The predicted octanol–water partition coefficient (Wildman–Crippen LogP) is 1.38. The zero-order valence-corrected chi connectivity index (χ0v) is 7.82. The molecule has 1 N–H and O–H groups in total. The maximum Gasteiger partial charge on any atom is 0.303 e. The van der Waals surface area contributed by atoms with Crippen LogP contribution in [0, 0.1) is 0 Å².